The maximum Gasteiger partial charge on any atom is 0.0701 e. The van der Waals surface area contributed by atoms with E-state index in [0.717, 1.165) is 12.5 Å². The minimum Gasteiger partial charge on any atom is -0.375 e. The van der Waals surface area contributed by atoms with E-state index in [1.165, 1.54) is 56.5 Å². The molecule has 4 unspecified atom stereocenters. The zero-order valence-electron chi connectivity index (χ0n) is 13.2. The minimum atomic E-state index is 0.0685. The van der Waals surface area contributed by atoms with Crippen molar-refractivity contribution in [2.24, 2.45) is 23.5 Å². The van der Waals surface area contributed by atoms with Gasteiger partial charge < -0.3 is 10.5 Å². The first-order valence-corrected chi connectivity index (χ1v) is 9.70. The molecular weight excluding hydrogens is 266 g/mol. The molecule has 3 rings (SSSR count). The van der Waals surface area contributed by atoms with Gasteiger partial charge in [0.15, 0.2) is 0 Å². The highest BCUT2D eigenvalue weighted by atomic mass is 32.2. The predicted octanol–water partition coefficient (Wildman–Crippen LogP) is 3.83. The Labute approximate surface area is 128 Å². The van der Waals surface area contributed by atoms with Gasteiger partial charge in [-0.25, -0.2) is 0 Å². The van der Waals surface area contributed by atoms with Crippen LogP contribution in [0.15, 0.2) is 0 Å². The Morgan fingerprint density at radius 2 is 1.80 bits per heavy atom. The van der Waals surface area contributed by atoms with Gasteiger partial charge in [-0.2, -0.15) is 11.8 Å². The number of ether oxygens (including phenoxy) is 1. The Morgan fingerprint density at radius 1 is 1.05 bits per heavy atom. The van der Waals surface area contributed by atoms with Gasteiger partial charge in [0.1, 0.15) is 0 Å². The molecule has 3 heteroatoms. The van der Waals surface area contributed by atoms with Crippen molar-refractivity contribution in [3.63, 3.8) is 0 Å². The summed E-state index contributed by atoms with van der Waals surface area (Å²) in [5, 5.41) is 0. The Hall–Kier alpha value is 0.270. The van der Waals surface area contributed by atoms with Crippen molar-refractivity contribution < 1.29 is 4.74 Å². The summed E-state index contributed by atoms with van der Waals surface area (Å²) in [5.74, 6) is 4.71. The van der Waals surface area contributed by atoms with Crippen LogP contribution in [-0.2, 0) is 4.74 Å². The van der Waals surface area contributed by atoms with Crippen LogP contribution in [0.25, 0.3) is 0 Å². The Bertz CT molecular complexity index is 336. The van der Waals surface area contributed by atoms with Gasteiger partial charge in [-0.15, -0.1) is 0 Å². The molecule has 20 heavy (non-hydrogen) atoms. The summed E-state index contributed by atoms with van der Waals surface area (Å²) in [5.41, 5.74) is 7.25. The van der Waals surface area contributed by atoms with Crippen LogP contribution in [0.1, 0.15) is 58.8 Å². The van der Waals surface area contributed by atoms with E-state index in [-0.39, 0.29) is 11.1 Å². The van der Waals surface area contributed by atoms with Gasteiger partial charge in [0.25, 0.3) is 0 Å². The smallest absolute Gasteiger partial charge is 0.0701 e. The molecule has 0 radical (unpaired) electrons. The zero-order chi connectivity index (χ0) is 14.2. The minimum absolute atomic E-state index is 0.0685. The number of hydrogen-bond acceptors (Lipinski definition) is 3. The van der Waals surface area contributed by atoms with Crippen molar-refractivity contribution in [2.45, 2.75) is 69.9 Å². The van der Waals surface area contributed by atoms with E-state index in [2.05, 4.69) is 25.6 Å². The highest BCUT2D eigenvalue weighted by Crippen LogP contribution is 2.48. The molecule has 1 saturated carbocycles. The lowest BCUT2D eigenvalue weighted by atomic mass is 9.60. The third kappa shape index (κ3) is 2.78. The van der Waals surface area contributed by atoms with E-state index in [9.17, 15) is 0 Å². The lowest BCUT2D eigenvalue weighted by molar-refractivity contribution is -0.122. The molecule has 3 fully saturated rings. The second-order valence-corrected chi connectivity index (χ2v) is 8.96. The standard InChI is InChI=1S/C17H31NOS/c1-13-3-4-14(2)17(18,11-13)15-5-8-19-16(12-15)6-9-20-10-7-16/h13-15H,3-12,18H2,1-2H3. The highest BCUT2D eigenvalue weighted by Gasteiger charge is 2.49. The fourth-order valence-electron chi connectivity index (χ4n) is 4.86. The molecule has 4 atom stereocenters. The van der Waals surface area contributed by atoms with Crippen LogP contribution in [0, 0.1) is 17.8 Å². The maximum atomic E-state index is 7.00. The lowest BCUT2D eigenvalue weighted by Gasteiger charge is -2.53. The SMILES string of the molecule is CC1CCC(C)C(N)(C2CCOC3(CCSCC3)C2)C1. The molecule has 0 aromatic rings. The summed E-state index contributed by atoms with van der Waals surface area (Å²) in [6, 6.07) is 0. The third-order valence-corrected chi connectivity index (χ3v) is 7.35. The summed E-state index contributed by atoms with van der Waals surface area (Å²) in [6.07, 6.45) is 8.80. The van der Waals surface area contributed by atoms with Crippen molar-refractivity contribution in [3.8, 4) is 0 Å². The van der Waals surface area contributed by atoms with Gasteiger partial charge in [-0.1, -0.05) is 20.3 Å². The number of rotatable bonds is 1. The van der Waals surface area contributed by atoms with Gasteiger partial charge in [-0.3, -0.25) is 0 Å². The molecule has 0 aromatic carbocycles. The summed E-state index contributed by atoms with van der Waals surface area (Å²) < 4.78 is 6.27. The van der Waals surface area contributed by atoms with Gasteiger partial charge in [0, 0.05) is 12.1 Å². The van der Waals surface area contributed by atoms with Crippen LogP contribution in [0.3, 0.4) is 0 Å². The number of nitrogens with two attached hydrogens (primary N) is 1. The molecule has 2 saturated heterocycles. The van der Waals surface area contributed by atoms with Crippen LogP contribution in [0.4, 0.5) is 0 Å². The van der Waals surface area contributed by atoms with Crippen LogP contribution in [0.5, 0.6) is 0 Å². The van der Waals surface area contributed by atoms with Crippen LogP contribution < -0.4 is 5.73 Å². The predicted molar refractivity (Wildman–Crippen MR) is 87.1 cm³/mol. The Balaban J connectivity index is 1.75. The molecule has 2 aliphatic heterocycles. The largest absolute Gasteiger partial charge is 0.375 e. The summed E-state index contributed by atoms with van der Waals surface area (Å²) >= 11 is 2.09. The fourth-order valence-corrected chi connectivity index (χ4v) is 6.09. The summed E-state index contributed by atoms with van der Waals surface area (Å²) in [7, 11) is 0. The molecule has 2 heterocycles. The van der Waals surface area contributed by atoms with Crippen LogP contribution in [0.2, 0.25) is 0 Å². The van der Waals surface area contributed by atoms with E-state index in [0.29, 0.717) is 11.8 Å². The molecule has 1 aliphatic carbocycles. The Kier molecular flexibility index (Phi) is 4.41. The van der Waals surface area contributed by atoms with Gasteiger partial charge in [0.2, 0.25) is 0 Å². The van der Waals surface area contributed by atoms with Gasteiger partial charge in [0.05, 0.1) is 5.60 Å². The quantitative estimate of drug-likeness (QED) is 0.799. The number of thioether (sulfide) groups is 1. The average Bonchev–Trinajstić information content (AvgIpc) is 2.44. The lowest BCUT2D eigenvalue weighted by Crippen LogP contribution is -2.59. The van der Waals surface area contributed by atoms with Crippen LogP contribution in [-0.4, -0.2) is 29.3 Å². The highest BCUT2D eigenvalue weighted by molar-refractivity contribution is 7.99. The first-order valence-electron chi connectivity index (χ1n) is 8.55. The van der Waals surface area contributed by atoms with Gasteiger partial charge >= 0.3 is 0 Å². The normalized spacial score (nSPS) is 45.5. The van der Waals surface area contributed by atoms with Crippen molar-refractivity contribution in [1.82, 2.24) is 0 Å². The molecular formula is C17H31NOS. The first kappa shape index (κ1) is 15.2. The topological polar surface area (TPSA) is 35.2 Å². The van der Waals surface area contributed by atoms with Crippen molar-refractivity contribution in [1.29, 1.82) is 0 Å². The maximum absolute atomic E-state index is 7.00. The average molecular weight is 298 g/mol. The number of hydrogen-bond donors (Lipinski definition) is 1. The van der Waals surface area contributed by atoms with Crippen molar-refractivity contribution in [3.05, 3.63) is 0 Å². The second kappa shape index (κ2) is 5.81. The van der Waals surface area contributed by atoms with E-state index >= 15 is 0 Å². The van der Waals surface area contributed by atoms with Crippen molar-refractivity contribution >= 4 is 11.8 Å². The fraction of sp³-hybridized carbons (Fsp3) is 1.00. The molecule has 0 bridgehead atoms. The summed E-state index contributed by atoms with van der Waals surface area (Å²) in [4.78, 5) is 0. The monoisotopic (exact) mass is 297 g/mol. The molecule has 2 nitrogen and oxygen atoms in total. The molecule has 3 aliphatic rings. The van der Waals surface area contributed by atoms with E-state index in [1.807, 2.05) is 0 Å². The molecule has 2 N–H and O–H groups in total. The van der Waals surface area contributed by atoms with Crippen LogP contribution >= 0.6 is 11.8 Å². The second-order valence-electron chi connectivity index (χ2n) is 7.73. The molecule has 0 amide bonds. The first-order chi connectivity index (χ1) is 9.54. The third-order valence-electron chi connectivity index (χ3n) is 6.37. The van der Waals surface area contributed by atoms with E-state index in [1.54, 1.807) is 0 Å². The molecule has 1 spiro atoms. The van der Waals surface area contributed by atoms with E-state index < -0.39 is 0 Å². The molecule has 0 aromatic heterocycles. The van der Waals surface area contributed by atoms with Gasteiger partial charge in [-0.05, 0) is 67.8 Å². The zero-order valence-corrected chi connectivity index (χ0v) is 14.0. The summed E-state index contributed by atoms with van der Waals surface area (Å²) in [6.45, 7) is 5.72. The van der Waals surface area contributed by atoms with E-state index in [4.69, 9.17) is 10.5 Å². The van der Waals surface area contributed by atoms with Crippen molar-refractivity contribution in [2.75, 3.05) is 18.1 Å². The molecule has 116 valence electrons. The Morgan fingerprint density at radius 3 is 2.55 bits per heavy atom.